The smallest absolute Gasteiger partial charge is 0.193 e. The van der Waals surface area contributed by atoms with Crippen LogP contribution in [-0.2, 0) is 0 Å². The molecule has 1 unspecified atom stereocenters. The first-order valence-corrected chi connectivity index (χ1v) is 9.65. The van der Waals surface area contributed by atoms with Gasteiger partial charge in [-0.1, -0.05) is 71.3 Å². The van der Waals surface area contributed by atoms with Crippen LogP contribution in [0.4, 0.5) is 0 Å². The molecule has 0 heterocycles. The van der Waals surface area contributed by atoms with Gasteiger partial charge >= 0.3 is 0 Å². The van der Waals surface area contributed by atoms with Crippen molar-refractivity contribution in [3.63, 3.8) is 0 Å². The van der Waals surface area contributed by atoms with Gasteiger partial charge in [0.1, 0.15) is 0 Å². The molecule has 0 radical (unpaired) electrons. The SMILES string of the molecule is Cc1cc(C)c(C(=O)c2ccccc2C([O-])c2c(C)cc(C)cc2C)c(C)c1. The van der Waals surface area contributed by atoms with Crippen molar-refractivity contribution in [3.8, 4) is 0 Å². The maximum atomic E-state index is 13.5. The summed E-state index contributed by atoms with van der Waals surface area (Å²) in [6, 6.07) is 15.3. The third-order valence-electron chi connectivity index (χ3n) is 5.39. The lowest BCUT2D eigenvalue weighted by Crippen LogP contribution is -2.22. The number of ketones is 1. The van der Waals surface area contributed by atoms with E-state index in [0.717, 1.165) is 38.9 Å². The zero-order chi connectivity index (χ0) is 20.6. The highest BCUT2D eigenvalue weighted by atomic mass is 16.3. The Hall–Kier alpha value is -2.71. The van der Waals surface area contributed by atoms with E-state index in [0.29, 0.717) is 16.7 Å². The first-order chi connectivity index (χ1) is 13.2. The summed E-state index contributed by atoms with van der Waals surface area (Å²) in [6.45, 7) is 11.9. The second-order valence-corrected chi connectivity index (χ2v) is 7.88. The molecule has 1 atom stereocenters. The lowest BCUT2D eigenvalue weighted by molar-refractivity contribution is -0.412. The average molecular weight is 372 g/mol. The van der Waals surface area contributed by atoms with E-state index in [9.17, 15) is 9.90 Å². The Balaban J connectivity index is 2.14. The lowest BCUT2D eigenvalue weighted by atomic mass is 9.86. The monoisotopic (exact) mass is 371 g/mol. The predicted molar refractivity (Wildman–Crippen MR) is 113 cm³/mol. The molecule has 0 amide bonds. The van der Waals surface area contributed by atoms with Crippen molar-refractivity contribution in [1.29, 1.82) is 0 Å². The number of benzene rings is 3. The standard InChI is InChI=1S/C26H27O2/c1-15-11-17(3)23(18(4)12-15)25(27)21-9-7-8-10-22(21)26(28)24-19(5)13-16(2)14-20(24)6/h7-14,25H,1-6H3/q-1. The fraction of sp³-hybridized carbons (Fsp3) is 0.269. The summed E-state index contributed by atoms with van der Waals surface area (Å²) in [5, 5.41) is 13.5. The minimum Gasteiger partial charge on any atom is -0.845 e. The van der Waals surface area contributed by atoms with Gasteiger partial charge in [0, 0.05) is 11.1 Å². The van der Waals surface area contributed by atoms with Gasteiger partial charge in [0.05, 0.1) is 0 Å². The van der Waals surface area contributed by atoms with Crippen LogP contribution in [0.3, 0.4) is 0 Å². The van der Waals surface area contributed by atoms with E-state index in [1.165, 1.54) is 0 Å². The molecular formula is C26H27O2-. The molecule has 0 saturated heterocycles. The first-order valence-electron chi connectivity index (χ1n) is 9.65. The van der Waals surface area contributed by atoms with Crippen LogP contribution in [0.2, 0.25) is 0 Å². The molecule has 3 rings (SSSR count). The number of aryl methyl sites for hydroxylation is 6. The number of hydrogen-bond acceptors (Lipinski definition) is 2. The van der Waals surface area contributed by atoms with Gasteiger partial charge in [-0.05, 0) is 69.4 Å². The van der Waals surface area contributed by atoms with E-state index in [1.807, 2.05) is 77.9 Å². The number of rotatable bonds is 4. The molecule has 0 aromatic heterocycles. The number of carbonyl (C=O) groups is 1. The minimum atomic E-state index is -1.09. The molecule has 28 heavy (non-hydrogen) atoms. The summed E-state index contributed by atoms with van der Waals surface area (Å²) >= 11 is 0. The van der Waals surface area contributed by atoms with Crippen molar-refractivity contribution >= 4 is 5.78 Å². The van der Waals surface area contributed by atoms with E-state index >= 15 is 0 Å². The number of hydrogen-bond donors (Lipinski definition) is 0. The normalized spacial score (nSPS) is 12.1. The summed E-state index contributed by atoms with van der Waals surface area (Å²) in [5.74, 6) is -0.0751. The summed E-state index contributed by atoms with van der Waals surface area (Å²) in [5.41, 5.74) is 8.62. The van der Waals surface area contributed by atoms with E-state index < -0.39 is 6.10 Å². The molecule has 144 valence electrons. The molecule has 0 aliphatic heterocycles. The summed E-state index contributed by atoms with van der Waals surface area (Å²) in [7, 11) is 0. The number of carbonyl (C=O) groups excluding carboxylic acids is 1. The Morgan fingerprint density at radius 3 is 1.75 bits per heavy atom. The van der Waals surface area contributed by atoms with Crippen molar-refractivity contribution in [2.24, 2.45) is 0 Å². The topological polar surface area (TPSA) is 40.1 Å². The molecule has 0 bridgehead atoms. The Morgan fingerprint density at radius 1 is 0.750 bits per heavy atom. The Morgan fingerprint density at radius 2 is 1.21 bits per heavy atom. The van der Waals surface area contributed by atoms with Crippen LogP contribution in [0.5, 0.6) is 0 Å². The Labute approximate surface area is 167 Å². The van der Waals surface area contributed by atoms with E-state index in [2.05, 4.69) is 0 Å². The molecule has 0 spiro atoms. The van der Waals surface area contributed by atoms with Gasteiger partial charge in [-0.25, -0.2) is 0 Å². The molecule has 0 fully saturated rings. The van der Waals surface area contributed by atoms with Gasteiger partial charge in [-0.2, -0.15) is 0 Å². The van der Waals surface area contributed by atoms with Gasteiger partial charge in [0.15, 0.2) is 5.78 Å². The zero-order valence-electron chi connectivity index (χ0n) is 17.5. The lowest BCUT2D eigenvalue weighted by Gasteiger charge is -2.29. The molecule has 2 nitrogen and oxygen atoms in total. The van der Waals surface area contributed by atoms with E-state index in [4.69, 9.17) is 0 Å². The summed E-state index contributed by atoms with van der Waals surface area (Å²) in [6.07, 6.45) is -1.09. The Bertz CT molecular complexity index is 1010. The van der Waals surface area contributed by atoms with Gasteiger partial charge in [0.2, 0.25) is 0 Å². The van der Waals surface area contributed by atoms with Crippen molar-refractivity contribution in [2.45, 2.75) is 47.6 Å². The van der Waals surface area contributed by atoms with Crippen molar-refractivity contribution in [3.05, 3.63) is 104 Å². The molecule has 3 aromatic rings. The van der Waals surface area contributed by atoms with Crippen molar-refractivity contribution in [2.75, 3.05) is 0 Å². The quantitative estimate of drug-likeness (QED) is 0.590. The zero-order valence-corrected chi connectivity index (χ0v) is 17.5. The summed E-state index contributed by atoms with van der Waals surface area (Å²) < 4.78 is 0. The predicted octanol–water partition coefficient (Wildman–Crippen LogP) is 5.22. The largest absolute Gasteiger partial charge is 0.845 e. The fourth-order valence-corrected chi connectivity index (χ4v) is 4.37. The highest BCUT2D eigenvalue weighted by Gasteiger charge is 2.20. The molecule has 0 N–H and O–H groups in total. The van der Waals surface area contributed by atoms with Crippen LogP contribution in [0.1, 0.15) is 66.5 Å². The summed E-state index contributed by atoms with van der Waals surface area (Å²) in [4.78, 5) is 13.4. The van der Waals surface area contributed by atoms with Crippen LogP contribution in [0.15, 0.2) is 48.5 Å². The van der Waals surface area contributed by atoms with Crippen LogP contribution >= 0.6 is 0 Å². The molecular weight excluding hydrogens is 344 g/mol. The molecule has 2 heteroatoms. The van der Waals surface area contributed by atoms with Crippen LogP contribution in [0, 0.1) is 41.5 Å². The highest BCUT2D eigenvalue weighted by molar-refractivity contribution is 6.11. The first kappa shape index (κ1) is 20.0. The minimum absolute atomic E-state index is 0.0751. The van der Waals surface area contributed by atoms with Gasteiger partial charge in [-0.3, -0.25) is 4.79 Å². The highest BCUT2D eigenvalue weighted by Crippen LogP contribution is 2.31. The van der Waals surface area contributed by atoms with Crippen LogP contribution in [-0.4, -0.2) is 5.78 Å². The van der Waals surface area contributed by atoms with Gasteiger partial charge in [-0.15, -0.1) is 0 Å². The van der Waals surface area contributed by atoms with Crippen molar-refractivity contribution in [1.82, 2.24) is 0 Å². The van der Waals surface area contributed by atoms with Crippen molar-refractivity contribution < 1.29 is 9.90 Å². The van der Waals surface area contributed by atoms with E-state index in [1.54, 1.807) is 12.1 Å². The molecule has 0 aliphatic rings. The average Bonchev–Trinajstić information content (AvgIpc) is 2.59. The maximum absolute atomic E-state index is 13.5. The maximum Gasteiger partial charge on any atom is 0.193 e. The molecule has 0 saturated carbocycles. The van der Waals surface area contributed by atoms with E-state index in [-0.39, 0.29) is 5.78 Å². The van der Waals surface area contributed by atoms with Gasteiger partial charge in [0.25, 0.3) is 0 Å². The second kappa shape index (κ2) is 7.73. The third kappa shape index (κ3) is 3.65. The Kier molecular flexibility index (Phi) is 5.53. The molecule has 3 aromatic carbocycles. The van der Waals surface area contributed by atoms with Gasteiger partial charge < -0.3 is 5.11 Å². The molecule has 0 aliphatic carbocycles. The fourth-order valence-electron chi connectivity index (χ4n) is 4.37. The van der Waals surface area contributed by atoms with Crippen LogP contribution < -0.4 is 5.11 Å². The second-order valence-electron chi connectivity index (χ2n) is 7.88. The van der Waals surface area contributed by atoms with Crippen LogP contribution in [0.25, 0.3) is 0 Å². The third-order valence-corrected chi connectivity index (χ3v) is 5.39.